The average molecular weight is 245 g/mol. The maximum Gasteiger partial charge on any atom is 0.0478 e. The van der Waals surface area contributed by atoms with E-state index >= 15 is 0 Å². The van der Waals surface area contributed by atoms with E-state index in [4.69, 9.17) is 0 Å². The predicted octanol–water partition coefficient (Wildman–Crippen LogP) is 3.73. The van der Waals surface area contributed by atoms with Gasteiger partial charge < -0.3 is 0 Å². The van der Waals surface area contributed by atoms with Crippen molar-refractivity contribution in [2.24, 2.45) is 15.2 Å². The first-order chi connectivity index (χ1) is 7.10. The molecule has 0 aliphatic carbocycles. The third-order valence-electron chi connectivity index (χ3n) is 3.06. The third kappa shape index (κ3) is 5.15. The fourth-order valence-electron chi connectivity index (χ4n) is 1.53. The van der Waals surface area contributed by atoms with Crippen LogP contribution in [0.15, 0.2) is 17.0 Å². The highest BCUT2D eigenvalue weighted by Gasteiger charge is 2.27. The van der Waals surface area contributed by atoms with E-state index in [9.17, 15) is 4.21 Å². The molecule has 0 saturated carbocycles. The van der Waals surface area contributed by atoms with Crippen molar-refractivity contribution in [2.75, 3.05) is 18.6 Å². The van der Waals surface area contributed by atoms with Gasteiger partial charge in [0.25, 0.3) is 0 Å². The molecule has 0 rings (SSSR count). The van der Waals surface area contributed by atoms with Crippen molar-refractivity contribution in [1.82, 2.24) is 0 Å². The summed E-state index contributed by atoms with van der Waals surface area (Å²) in [4.78, 5) is 0. The molecule has 0 N–H and O–H groups in total. The Morgan fingerprint density at radius 3 is 2.06 bits per heavy atom. The lowest BCUT2D eigenvalue weighted by molar-refractivity contribution is 0.400. The number of rotatable bonds is 6. The summed E-state index contributed by atoms with van der Waals surface area (Å²) in [5.41, 5.74) is -0.0196. The Hall–Kier alpha value is -0.310. The van der Waals surface area contributed by atoms with Crippen molar-refractivity contribution < 1.29 is 4.21 Å². The van der Waals surface area contributed by atoms with Gasteiger partial charge >= 0.3 is 0 Å². The molecule has 0 aliphatic heterocycles. The van der Waals surface area contributed by atoms with Crippen LogP contribution in [0.3, 0.4) is 0 Å². The van der Waals surface area contributed by atoms with Gasteiger partial charge in [0.15, 0.2) is 0 Å². The van der Waals surface area contributed by atoms with Crippen LogP contribution in [0.5, 0.6) is 0 Å². The van der Waals surface area contributed by atoms with Crippen LogP contribution >= 0.6 is 0 Å². The van der Waals surface area contributed by atoms with Gasteiger partial charge in [-0.1, -0.05) is 47.1 Å². The Morgan fingerprint density at radius 2 is 1.75 bits per heavy atom. The van der Waals surface area contributed by atoms with Gasteiger partial charge in [-0.05, 0) is 10.8 Å². The number of hydrogen-bond donors (Lipinski definition) is 0. The summed E-state index contributed by atoms with van der Waals surface area (Å²) in [6, 6.07) is 0. The Bertz CT molecular complexity index is 347. The Balaban J connectivity index is 4.98. The highest BCUT2D eigenvalue weighted by atomic mass is 32.2. The molecule has 0 spiro atoms. The van der Waals surface area contributed by atoms with Crippen LogP contribution in [0.25, 0.3) is 0 Å². The fourth-order valence-corrected chi connectivity index (χ4v) is 4.60. The fraction of sp³-hybridized carbons (Fsp3) is 0.846. The van der Waals surface area contributed by atoms with Gasteiger partial charge in [-0.15, -0.1) is 6.58 Å². The number of nitrogens with zero attached hydrogens (tertiary/aromatic N) is 1. The van der Waals surface area contributed by atoms with Crippen molar-refractivity contribution in [3.8, 4) is 0 Å². The van der Waals surface area contributed by atoms with Crippen molar-refractivity contribution in [2.45, 2.75) is 41.0 Å². The maximum absolute atomic E-state index is 12.7. The lowest BCUT2D eigenvalue weighted by Crippen LogP contribution is -2.30. The number of allylic oxidation sites excluding steroid dienone is 1. The SMILES string of the molecule is C=CC(C)(C)CS(=O)(CC(C)(C)CC)=NC. The van der Waals surface area contributed by atoms with E-state index in [0.29, 0.717) is 11.5 Å². The van der Waals surface area contributed by atoms with E-state index in [1.165, 1.54) is 0 Å². The van der Waals surface area contributed by atoms with Gasteiger partial charge in [-0.3, -0.25) is 0 Å². The highest BCUT2D eigenvalue weighted by molar-refractivity contribution is 7.93. The number of hydrogen-bond acceptors (Lipinski definition) is 2. The van der Waals surface area contributed by atoms with E-state index in [1.807, 2.05) is 6.08 Å². The summed E-state index contributed by atoms with van der Waals surface area (Å²) in [5.74, 6) is 1.27. The van der Waals surface area contributed by atoms with Gasteiger partial charge in [-0.25, -0.2) is 8.57 Å². The quantitative estimate of drug-likeness (QED) is 0.656. The van der Waals surface area contributed by atoms with Gasteiger partial charge in [0, 0.05) is 28.3 Å². The van der Waals surface area contributed by atoms with E-state index < -0.39 is 9.73 Å². The van der Waals surface area contributed by atoms with Gasteiger partial charge in [0.2, 0.25) is 0 Å². The Morgan fingerprint density at radius 1 is 1.25 bits per heavy atom. The Kier molecular flexibility index (Phi) is 5.24. The van der Waals surface area contributed by atoms with Gasteiger partial charge in [-0.2, -0.15) is 0 Å². The van der Waals surface area contributed by atoms with Crippen LogP contribution in [0, 0.1) is 10.8 Å². The molecule has 0 bridgehead atoms. The average Bonchev–Trinajstić information content (AvgIpc) is 2.16. The molecule has 0 aromatic carbocycles. The van der Waals surface area contributed by atoms with E-state index in [-0.39, 0.29) is 10.8 Å². The zero-order chi connectivity index (χ0) is 13.0. The first-order valence-electron chi connectivity index (χ1n) is 5.84. The van der Waals surface area contributed by atoms with Crippen LogP contribution in [-0.4, -0.2) is 22.8 Å². The zero-order valence-electron chi connectivity index (χ0n) is 11.7. The van der Waals surface area contributed by atoms with E-state index in [2.05, 4.69) is 45.6 Å². The molecule has 96 valence electrons. The summed E-state index contributed by atoms with van der Waals surface area (Å²) >= 11 is 0. The topological polar surface area (TPSA) is 29.4 Å². The molecule has 0 amide bonds. The third-order valence-corrected chi connectivity index (χ3v) is 6.15. The van der Waals surface area contributed by atoms with E-state index in [1.54, 1.807) is 7.05 Å². The summed E-state index contributed by atoms with van der Waals surface area (Å²) in [6.07, 6.45) is 2.89. The molecule has 0 aromatic heterocycles. The largest absolute Gasteiger partial charge is 0.250 e. The van der Waals surface area contributed by atoms with Crippen molar-refractivity contribution in [3.63, 3.8) is 0 Å². The molecular formula is C13H27NOS. The van der Waals surface area contributed by atoms with Crippen molar-refractivity contribution >= 4 is 9.73 Å². The second kappa shape index (κ2) is 5.35. The molecule has 0 heterocycles. The molecule has 0 aromatic rings. The smallest absolute Gasteiger partial charge is 0.0478 e. The summed E-state index contributed by atoms with van der Waals surface area (Å²) < 4.78 is 16.9. The Labute approximate surface area is 102 Å². The highest BCUT2D eigenvalue weighted by Crippen LogP contribution is 2.27. The van der Waals surface area contributed by atoms with Crippen LogP contribution in [0.4, 0.5) is 0 Å². The minimum atomic E-state index is -2.11. The molecular weight excluding hydrogens is 218 g/mol. The molecule has 16 heavy (non-hydrogen) atoms. The molecule has 0 aliphatic rings. The second-order valence-electron chi connectivity index (χ2n) is 5.95. The minimum Gasteiger partial charge on any atom is -0.250 e. The predicted molar refractivity (Wildman–Crippen MR) is 74.3 cm³/mol. The molecule has 3 heteroatoms. The molecule has 1 atom stereocenters. The van der Waals surface area contributed by atoms with E-state index in [0.717, 1.165) is 6.42 Å². The monoisotopic (exact) mass is 245 g/mol. The lowest BCUT2D eigenvalue weighted by atomic mass is 9.93. The molecule has 0 fully saturated rings. The normalized spacial score (nSPS) is 16.6. The summed E-state index contributed by atoms with van der Waals surface area (Å²) in [5, 5.41) is 0. The van der Waals surface area contributed by atoms with Crippen LogP contribution in [-0.2, 0) is 9.73 Å². The van der Waals surface area contributed by atoms with Crippen molar-refractivity contribution in [3.05, 3.63) is 12.7 Å². The molecule has 0 radical (unpaired) electrons. The van der Waals surface area contributed by atoms with Gasteiger partial charge in [0.1, 0.15) is 0 Å². The second-order valence-corrected chi connectivity index (χ2v) is 8.44. The minimum absolute atomic E-state index is 0.0911. The van der Waals surface area contributed by atoms with Crippen LogP contribution in [0.1, 0.15) is 41.0 Å². The summed E-state index contributed by atoms with van der Waals surface area (Å²) in [7, 11) is -0.439. The maximum atomic E-state index is 12.7. The molecule has 0 saturated heterocycles. The standard InChI is InChI=1S/C13H27NOS/c1-8-12(3,4)10-16(15,14-7)11-13(5,6)9-2/h8H,1,9-11H2,2-7H3. The van der Waals surface area contributed by atoms with Crippen molar-refractivity contribution in [1.29, 1.82) is 0 Å². The molecule has 2 nitrogen and oxygen atoms in total. The van der Waals surface area contributed by atoms with Gasteiger partial charge in [0.05, 0.1) is 0 Å². The molecule has 1 unspecified atom stereocenters. The first kappa shape index (κ1) is 15.7. The summed E-state index contributed by atoms with van der Waals surface area (Å²) in [6.45, 7) is 14.4. The first-order valence-corrected chi connectivity index (χ1v) is 7.69. The zero-order valence-corrected chi connectivity index (χ0v) is 12.5. The lowest BCUT2D eigenvalue weighted by Gasteiger charge is -2.28. The van der Waals surface area contributed by atoms with Crippen LogP contribution < -0.4 is 0 Å². The van der Waals surface area contributed by atoms with Crippen LogP contribution in [0.2, 0.25) is 0 Å².